The topological polar surface area (TPSA) is 86.7 Å². The lowest BCUT2D eigenvalue weighted by atomic mass is 9.91. The van der Waals surface area contributed by atoms with E-state index in [1.807, 2.05) is 0 Å². The Balaban J connectivity index is 1.84. The molecule has 0 saturated heterocycles. The Labute approximate surface area is 153 Å². The van der Waals surface area contributed by atoms with E-state index in [2.05, 4.69) is 22.6 Å². The molecule has 2 heterocycles. The highest BCUT2D eigenvalue weighted by molar-refractivity contribution is 6.16. The standard InChI is InChI=1S/C21H12O6/c1-3-10-6-14-16(20(24)26-18(14)22)8-12(10)5-13-9-17-15(7-11(13)4-2)19(23)27-21(17)25/h3-4,6-9H,1-2,5H2. The summed E-state index contributed by atoms with van der Waals surface area (Å²) in [7, 11) is 0. The zero-order valence-electron chi connectivity index (χ0n) is 14.0. The van der Waals surface area contributed by atoms with Gasteiger partial charge in [0.1, 0.15) is 0 Å². The molecule has 27 heavy (non-hydrogen) atoms. The third-order valence-electron chi connectivity index (χ3n) is 4.63. The molecule has 0 atom stereocenters. The van der Waals surface area contributed by atoms with Crippen LogP contribution in [-0.4, -0.2) is 23.9 Å². The van der Waals surface area contributed by atoms with Crippen molar-refractivity contribution in [2.24, 2.45) is 0 Å². The smallest absolute Gasteiger partial charge is 0.346 e. The van der Waals surface area contributed by atoms with Gasteiger partial charge in [-0.1, -0.05) is 25.3 Å². The lowest BCUT2D eigenvalue weighted by Gasteiger charge is -2.11. The van der Waals surface area contributed by atoms with Crippen LogP contribution in [0.3, 0.4) is 0 Å². The highest BCUT2D eigenvalue weighted by Gasteiger charge is 2.32. The van der Waals surface area contributed by atoms with Crippen LogP contribution in [-0.2, 0) is 15.9 Å². The van der Waals surface area contributed by atoms with Crippen LogP contribution in [0.2, 0.25) is 0 Å². The number of fused-ring (bicyclic) bond motifs is 2. The molecular formula is C21H12O6. The first kappa shape index (κ1) is 16.7. The van der Waals surface area contributed by atoms with E-state index >= 15 is 0 Å². The number of esters is 4. The predicted molar refractivity (Wildman–Crippen MR) is 95.4 cm³/mol. The number of benzene rings is 2. The van der Waals surface area contributed by atoms with Crippen molar-refractivity contribution in [2.45, 2.75) is 6.42 Å². The van der Waals surface area contributed by atoms with Gasteiger partial charge < -0.3 is 9.47 Å². The molecule has 132 valence electrons. The number of carbonyl (C=O) groups is 4. The minimum Gasteiger partial charge on any atom is -0.386 e. The van der Waals surface area contributed by atoms with E-state index in [0.29, 0.717) is 17.5 Å². The Morgan fingerprint density at radius 1 is 0.630 bits per heavy atom. The van der Waals surface area contributed by atoms with Gasteiger partial charge in [-0.25, -0.2) is 19.2 Å². The van der Waals surface area contributed by atoms with Crippen LogP contribution >= 0.6 is 0 Å². The summed E-state index contributed by atoms with van der Waals surface area (Å²) in [5, 5.41) is 0. The molecule has 0 aromatic heterocycles. The van der Waals surface area contributed by atoms with Crippen LogP contribution in [0.25, 0.3) is 12.2 Å². The van der Waals surface area contributed by atoms with Gasteiger partial charge in [0.05, 0.1) is 22.3 Å². The Kier molecular flexibility index (Phi) is 3.63. The molecule has 0 fully saturated rings. The molecule has 6 heteroatoms. The zero-order valence-corrected chi connectivity index (χ0v) is 14.0. The molecule has 0 amide bonds. The highest BCUT2D eigenvalue weighted by atomic mass is 16.6. The van der Waals surface area contributed by atoms with Crippen LogP contribution in [0.15, 0.2) is 37.4 Å². The number of hydrogen-bond acceptors (Lipinski definition) is 6. The van der Waals surface area contributed by atoms with Crippen molar-refractivity contribution in [1.82, 2.24) is 0 Å². The molecule has 0 bridgehead atoms. The third kappa shape index (κ3) is 2.50. The van der Waals surface area contributed by atoms with Crippen LogP contribution in [0.5, 0.6) is 0 Å². The fourth-order valence-electron chi connectivity index (χ4n) is 3.28. The van der Waals surface area contributed by atoms with Gasteiger partial charge in [0.15, 0.2) is 0 Å². The Morgan fingerprint density at radius 3 is 1.30 bits per heavy atom. The van der Waals surface area contributed by atoms with Crippen molar-refractivity contribution in [3.05, 3.63) is 81.9 Å². The quantitative estimate of drug-likeness (QED) is 0.615. The molecule has 0 aliphatic carbocycles. The van der Waals surface area contributed by atoms with Crippen molar-refractivity contribution in [3.8, 4) is 0 Å². The van der Waals surface area contributed by atoms with E-state index in [1.165, 1.54) is 0 Å². The van der Waals surface area contributed by atoms with Gasteiger partial charge in [0.25, 0.3) is 0 Å². The van der Waals surface area contributed by atoms with Gasteiger partial charge in [0.2, 0.25) is 0 Å². The minimum atomic E-state index is -0.695. The monoisotopic (exact) mass is 360 g/mol. The molecule has 2 aliphatic heterocycles. The van der Waals surface area contributed by atoms with Crippen molar-refractivity contribution in [2.75, 3.05) is 0 Å². The fourth-order valence-corrected chi connectivity index (χ4v) is 3.28. The molecule has 2 aromatic carbocycles. The Hall–Kier alpha value is -3.80. The average Bonchev–Trinajstić information content (AvgIpc) is 3.08. The normalized spacial score (nSPS) is 14.5. The molecule has 0 saturated carbocycles. The van der Waals surface area contributed by atoms with Crippen LogP contribution in [0.1, 0.15) is 63.7 Å². The number of ether oxygens (including phenoxy) is 2. The van der Waals surface area contributed by atoms with E-state index in [1.54, 1.807) is 36.4 Å². The first-order valence-corrected chi connectivity index (χ1v) is 8.04. The summed E-state index contributed by atoms with van der Waals surface area (Å²) in [5.41, 5.74) is 3.54. The number of carbonyl (C=O) groups excluding carboxylic acids is 4. The van der Waals surface area contributed by atoms with Crippen LogP contribution in [0, 0.1) is 0 Å². The SMILES string of the molecule is C=Cc1cc2c(cc1Cc1cc3c(cc1C=C)C(=O)OC3=O)C(=O)OC2=O. The molecule has 0 unspecified atom stereocenters. The average molecular weight is 360 g/mol. The van der Waals surface area contributed by atoms with E-state index in [9.17, 15) is 19.2 Å². The van der Waals surface area contributed by atoms with Gasteiger partial charge in [0, 0.05) is 0 Å². The second kappa shape index (κ2) is 5.88. The second-order valence-corrected chi connectivity index (χ2v) is 6.13. The van der Waals surface area contributed by atoms with Crippen molar-refractivity contribution in [1.29, 1.82) is 0 Å². The Bertz CT molecular complexity index is 1020. The molecule has 2 aromatic rings. The maximum Gasteiger partial charge on any atom is 0.346 e. The molecule has 2 aliphatic rings. The lowest BCUT2D eigenvalue weighted by Crippen LogP contribution is -2.02. The van der Waals surface area contributed by atoms with E-state index < -0.39 is 23.9 Å². The molecule has 4 rings (SSSR count). The Morgan fingerprint density at radius 2 is 0.963 bits per heavy atom. The van der Waals surface area contributed by atoms with Crippen molar-refractivity contribution >= 4 is 36.0 Å². The summed E-state index contributed by atoms with van der Waals surface area (Å²) in [6.45, 7) is 7.50. The highest BCUT2D eigenvalue weighted by Crippen LogP contribution is 2.30. The molecular weight excluding hydrogens is 348 g/mol. The van der Waals surface area contributed by atoms with Gasteiger partial charge in [-0.3, -0.25) is 0 Å². The molecule has 0 radical (unpaired) electrons. The van der Waals surface area contributed by atoms with Crippen molar-refractivity contribution in [3.63, 3.8) is 0 Å². The number of cyclic esters (lactones) is 4. The summed E-state index contributed by atoms with van der Waals surface area (Å²) < 4.78 is 9.28. The van der Waals surface area contributed by atoms with Crippen molar-refractivity contribution < 1.29 is 28.7 Å². The molecule has 0 spiro atoms. The summed E-state index contributed by atoms with van der Waals surface area (Å²) >= 11 is 0. The summed E-state index contributed by atoms with van der Waals surface area (Å²) in [5.74, 6) is -2.76. The summed E-state index contributed by atoms with van der Waals surface area (Å²) in [4.78, 5) is 47.2. The largest absolute Gasteiger partial charge is 0.386 e. The van der Waals surface area contributed by atoms with Crippen LogP contribution < -0.4 is 0 Å². The maximum absolute atomic E-state index is 11.9. The number of rotatable bonds is 4. The maximum atomic E-state index is 11.9. The summed E-state index contributed by atoms with van der Waals surface area (Å²) in [6.07, 6.45) is 3.47. The van der Waals surface area contributed by atoms with Crippen LogP contribution in [0.4, 0.5) is 0 Å². The lowest BCUT2D eigenvalue weighted by molar-refractivity contribution is 0.0425. The van der Waals surface area contributed by atoms with E-state index in [-0.39, 0.29) is 22.3 Å². The predicted octanol–water partition coefficient (Wildman–Crippen LogP) is 3.18. The third-order valence-corrected chi connectivity index (χ3v) is 4.63. The minimum absolute atomic E-state index is 0.191. The molecule has 0 N–H and O–H groups in total. The van der Waals surface area contributed by atoms with Gasteiger partial charge in [-0.05, 0) is 52.9 Å². The first-order chi connectivity index (χ1) is 12.9. The second-order valence-electron chi connectivity index (χ2n) is 6.13. The van der Waals surface area contributed by atoms with Gasteiger partial charge >= 0.3 is 23.9 Å². The van der Waals surface area contributed by atoms with Gasteiger partial charge in [-0.15, -0.1) is 0 Å². The number of hydrogen-bond donors (Lipinski definition) is 0. The summed E-state index contributed by atoms with van der Waals surface area (Å²) in [6, 6.07) is 6.29. The first-order valence-electron chi connectivity index (χ1n) is 8.04. The van der Waals surface area contributed by atoms with E-state index in [0.717, 1.165) is 11.1 Å². The van der Waals surface area contributed by atoms with Gasteiger partial charge in [-0.2, -0.15) is 0 Å². The van der Waals surface area contributed by atoms with E-state index in [4.69, 9.17) is 0 Å². The molecule has 6 nitrogen and oxygen atoms in total. The fraction of sp³-hybridized carbons (Fsp3) is 0.0476. The zero-order chi connectivity index (χ0) is 19.3.